The van der Waals surface area contributed by atoms with Crippen molar-refractivity contribution in [2.45, 2.75) is 71.3 Å². The first-order valence-electron chi connectivity index (χ1n) is 6.93. The third kappa shape index (κ3) is 5.07. The number of hydrogen-bond acceptors (Lipinski definition) is 2. The molecule has 2 N–H and O–H groups in total. The molecule has 1 amide bonds. The fourth-order valence-electron chi connectivity index (χ4n) is 2.59. The highest BCUT2D eigenvalue weighted by molar-refractivity contribution is 5.76. The number of carboxylic acids is 1. The summed E-state index contributed by atoms with van der Waals surface area (Å²) in [5, 5.41) is 11.6. The van der Waals surface area contributed by atoms with Crippen LogP contribution < -0.4 is 5.32 Å². The summed E-state index contributed by atoms with van der Waals surface area (Å²) in [6.07, 6.45) is 6.50. The van der Waals surface area contributed by atoms with E-state index in [1.54, 1.807) is 0 Å². The first kappa shape index (κ1) is 15.0. The molecule has 0 aromatic carbocycles. The minimum absolute atomic E-state index is 0.0698. The Bertz CT molecular complexity index is 299. The van der Waals surface area contributed by atoms with Gasteiger partial charge in [0.15, 0.2) is 0 Å². The van der Waals surface area contributed by atoms with Crippen molar-refractivity contribution in [2.24, 2.45) is 5.41 Å². The molecular weight excluding hydrogens is 230 g/mol. The zero-order valence-corrected chi connectivity index (χ0v) is 11.5. The standard InChI is InChI=1S/C14H25NO3/c1-14(2)10-6-5-7-11(14)15-12(16)8-3-4-9-13(17)18/h11H,3-10H2,1-2H3,(H,15,16)(H,17,18). The molecule has 0 aromatic rings. The Kier molecular flexibility index (Phi) is 5.63. The summed E-state index contributed by atoms with van der Waals surface area (Å²) in [6.45, 7) is 4.42. The van der Waals surface area contributed by atoms with Crippen molar-refractivity contribution >= 4 is 11.9 Å². The predicted octanol–water partition coefficient (Wildman–Crippen LogP) is 2.72. The maximum absolute atomic E-state index is 11.8. The number of rotatable bonds is 6. The van der Waals surface area contributed by atoms with E-state index in [4.69, 9.17) is 5.11 Å². The molecule has 104 valence electrons. The van der Waals surface area contributed by atoms with Gasteiger partial charge in [-0.25, -0.2) is 0 Å². The van der Waals surface area contributed by atoms with Crippen LogP contribution in [-0.2, 0) is 9.59 Å². The van der Waals surface area contributed by atoms with E-state index >= 15 is 0 Å². The van der Waals surface area contributed by atoms with Crippen LogP contribution in [0.25, 0.3) is 0 Å². The van der Waals surface area contributed by atoms with E-state index in [-0.39, 0.29) is 23.8 Å². The number of amides is 1. The molecular formula is C14H25NO3. The Hall–Kier alpha value is -1.06. The zero-order valence-electron chi connectivity index (χ0n) is 11.5. The number of carbonyl (C=O) groups is 2. The van der Waals surface area contributed by atoms with Gasteiger partial charge in [-0.1, -0.05) is 26.7 Å². The van der Waals surface area contributed by atoms with Crippen LogP contribution in [0.1, 0.15) is 65.2 Å². The fraction of sp³-hybridized carbons (Fsp3) is 0.857. The van der Waals surface area contributed by atoms with Crippen molar-refractivity contribution in [3.05, 3.63) is 0 Å². The van der Waals surface area contributed by atoms with E-state index in [2.05, 4.69) is 19.2 Å². The smallest absolute Gasteiger partial charge is 0.303 e. The van der Waals surface area contributed by atoms with Crippen LogP contribution in [0.5, 0.6) is 0 Å². The molecule has 0 aliphatic heterocycles. The highest BCUT2D eigenvalue weighted by Gasteiger charge is 2.32. The molecule has 0 spiro atoms. The Labute approximate surface area is 109 Å². The maximum Gasteiger partial charge on any atom is 0.303 e. The molecule has 1 saturated carbocycles. The molecule has 0 radical (unpaired) electrons. The highest BCUT2D eigenvalue weighted by Crippen LogP contribution is 2.35. The summed E-state index contributed by atoms with van der Waals surface area (Å²) in [4.78, 5) is 22.1. The van der Waals surface area contributed by atoms with E-state index < -0.39 is 5.97 Å². The van der Waals surface area contributed by atoms with Crippen molar-refractivity contribution in [1.29, 1.82) is 0 Å². The Morgan fingerprint density at radius 3 is 2.50 bits per heavy atom. The Morgan fingerprint density at radius 2 is 1.89 bits per heavy atom. The number of carboxylic acid groups (broad SMARTS) is 1. The van der Waals surface area contributed by atoms with Crippen LogP contribution in [0.15, 0.2) is 0 Å². The minimum atomic E-state index is -0.788. The van der Waals surface area contributed by atoms with Gasteiger partial charge in [0.2, 0.25) is 5.91 Å². The molecule has 18 heavy (non-hydrogen) atoms. The third-order valence-electron chi connectivity index (χ3n) is 3.89. The number of carbonyl (C=O) groups excluding carboxylic acids is 1. The molecule has 4 heteroatoms. The van der Waals surface area contributed by atoms with E-state index in [0.29, 0.717) is 19.3 Å². The van der Waals surface area contributed by atoms with Gasteiger partial charge in [-0.15, -0.1) is 0 Å². The first-order valence-corrected chi connectivity index (χ1v) is 6.93. The molecule has 0 aromatic heterocycles. The molecule has 1 unspecified atom stereocenters. The van der Waals surface area contributed by atoms with E-state index in [1.807, 2.05) is 0 Å². The topological polar surface area (TPSA) is 66.4 Å². The number of nitrogens with one attached hydrogen (secondary N) is 1. The van der Waals surface area contributed by atoms with Crippen LogP contribution in [0.4, 0.5) is 0 Å². The van der Waals surface area contributed by atoms with Gasteiger partial charge in [0.25, 0.3) is 0 Å². The van der Waals surface area contributed by atoms with Crippen molar-refractivity contribution < 1.29 is 14.7 Å². The second-order valence-corrected chi connectivity index (χ2v) is 5.96. The lowest BCUT2D eigenvalue weighted by Crippen LogP contribution is -2.46. The molecule has 1 fully saturated rings. The average molecular weight is 255 g/mol. The lowest BCUT2D eigenvalue weighted by Gasteiger charge is -2.39. The average Bonchev–Trinajstić information content (AvgIpc) is 2.27. The first-order chi connectivity index (χ1) is 8.42. The Balaban J connectivity index is 2.24. The summed E-state index contributed by atoms with van der Waals surface area (Å²) in [7, 11) is 0. The van der Waals surface area contributed by atoms with Crippen molar-refractivity contribution in [2.75, 3.05) is 0 Å². The second kappa shape index (κ2) is 6.76. The van der Waals surface area contributed by atoms with Gasteiger partial charge in [0.1, 0.15) is 0 Å². The monoisotopic (exact) mass is 255 g/mol. The summed E-state index contributed by atoms with van der Waals surface area (Å²) < 4.78 is 0. The molecule has 4 nitrogen and oxygen atoms in total. The van der Waals surface area contributed by atoms with Crippen LogP contribution >= 0.6 is 0 Å². The fourth-order valence-corrected chi connectivity index (χ4v) is 2.59. The molecule has 1 atom stereocenters. The SMILES string of the molecule is CC1(C)CCCCC1NC(=O)CCCCC(=O)O. The summed E-state index contributed by atoms with van der Waals surface area (Å²) >= 11 is 0. The third-order valence-corrected chi connectivity index (χ3v) is 3.89. The van der Waals surface area contributed by atoms with Crippen LogP contribution in [0.2, 0.25) is 0 Å². The van der Waals surface area contributed by atoms with Crippen molar-refractivity contribution in [3.8, 4) is 0 Å². The molecule has 0 saturated heterocycles. The van der Waals surface area contributed by atoms with Gasteiger partial charge in [-0.2, -0.15) is 0 Å². The normalized spacial score (nSPS) is 22.4. The lowest BCUT2D eigenvalue weighted by molar-refractivity contribution is -0.137. The lowest BCUT2D eigenvalue weighted by atomic mass is 9.73. The van der Waals surface area contributed by atoms with Gasteiger partial charge >= 0.3 is 5.97 Å². The largest absolute Gasteiger partial charge is 0.481 e. The van der Waals surface area contributed by atoms with E-state index in [1.165, 1.54) is 12.8 Å². The van der Waals surface area contributed by atoms with Crippen LogP contribution in [0.3, 0.4) is 0 Å². The van der Waals surface area contributed by atoms with E-state index in [9.17, 15) is 9.59 Å². The summed E-state index contributed by atoms with van der Waals surface area (Å²) in [5.41, 5.74) is 0.189. The highest BCUT2D eigenvalue weighted by atomic mass is 16.4. The van der Waals surface area contributed by atoms with Gasteiger partial charge in [-0.05, 0) is 31.1 Å². The predicted molar refractivity (Wildman–Crippen MR) is 70.3 cm³/mol. The van der Waals surface area contributed by atoms with Crippen molar-refractivity contribution in [1.82, 2.24) is 5.32 Å². The molecule has 0 heterocycles. The summed E-state index contributed by atoms with van der Waals surface area (Å²) in [6, 6.07) is 0.276. The van der Waals surface area contributed by atoms with Crippen molar-refractivity contribution in [3.63, 3.8) is 0 Å². The molecule has 1 aliphatic rings. The minimum Gasteiger partial charge on any atom is -0.481 e. The number of hydrogen-bond donors (Lipinski definition) is 2. The Morgan fingerprint density at radius 1 is 1.22 bits per heavy atom. The van der Waals surface area contributed by atoms with Gasteiger partial charge in [0, 0.05) is 18.9 Å². The zero-order chi connectivity index (χ0) is 13.6. The number of unbranched alkanes of at least 4 members (excludes halogenated alkanes) is 1. The summed E-state index contributed by atoms with van der Waals surface area (Å²) in [5.74, 6) is -0.718. The van der Waals surface area contributed by atoms with Gasteiger partial charge in [-0.3, -0.25) is 9.59 Å². The molecule has 1 rings (SSSR count). The van der Waals surface area contributed by atoms with E-state index in [0.717, 1.165) is 12.8 Å². The van der Waals surface area contributed by atoms with Gasteiger partial charge < -0.3 is 10.4 Å². The maximum atomic E-state index is 11.8. The number of aliphatic carboxylic acids is 1. The second-order valence-electron chi connectivity index (χ2n) is 5.96. The van der Waals surface area contributed by atoms with Crippen LogP contribution in [0, 0.1) is 5.41 Å². The van der Waals surface area contributed by atoms with Crippen LogP contribution in [-0.4, -0.2) is 23.0 Å². The van der Waals surface area contributed by atoms with Gasteiger partial charge in [0.05, 0.1) is 0 Å². The molecule has 0 bridgehead atoms. The quantitative estimate of drug-likeness (QED) is 0.717. The molecule has 1 aliphatic carbocycles.